The van der Waals surface area contributed by atoms with Gasteiger partial charge in [-0.15, -0.1) is 0 Å². The minimum atomic E-state index is -0.0289. The maximum absolute atomic E-state index is 12.5. The molecule has 0 aromatic heterocycles. The Balaban J connectivity index is 2.16. The summed E-state index contributed by atoms with van der Waals surface area (Å²) in [5, 5.41) is 0. The Morgan fingerprint density at radius 3 is 2.14 bits per heavy atom. The second-order valence-electron chi connectivity index (χ2n) is 5.16. The molecule has 21 heavy (non-hydrogen) atoms. The quantitative estimate of drug-likeness (QED) is 0.810. The molecule has 2 aromatic rings. The minimum absolute atomic E-state index is 0.0289. The van der Waals surface area contributed by atoms with E-state index in [-0.39, 0.29) is 18.6 Å². The lowest BCUT2D eigenvalue weighted by molar-refractivity contribution is -0.124. The molecule has 0 bridgehead atoms. The lowest BCUT2D eigenvalue weighted by Gasteiger charge is -2.23. The van der Waals surface area contributed by atoms with E-state index in [9.17, 15) is 4.79 Å². The fourth-order valence-corrected chi connectivity index (χ4v) is 2.01. The number of carbonyl (C=O) groups is 1. The Morgan fingerprint density at radius 1 is 1.00 bits per heavy atom. The highest BCUT2D eigenvalue weighted by atomic mass is 16.5. The van der Waals surface area contributed by atoms with Crippen LogP contribution in [-0.4, -0.2) is 18.6 Å². The molecular weight excluding hydrogens is 262 g/mol. The molecule has 2 rings (SSSR count). The number of nitrogens with zero attached hydrogens (tertiary/aromatic N) is 1. The summed E-state index contributed by atoms with van der Waals surface area (Å²) < 4.78 is 5.45. The Hall–Kier alpha value is -2.13. The normalized spacial score (nSPS) is 10.6. The molecule has 0 aliphatic carbocycles. The molecule has 110 valence electrons. The Morgan fingerprint density at radius 2 is 1.57 bits per heavy atom. The Labute approximate surface area is 126 Å². The zero-order valence-corrected chi connectivity index (χ0v) is 12.5. The smallest absolute Gasteiger partial charge is 0.253 e. The molecule has 3 nitrogen and oxygen atoms in total. The van der Waals surface area contributed by atoms with Gasteiger partial charge in [0, 0.05) is 5.69 Å². The van der Waals surface area contributed by atoms with Crippen molar-refractivity contribution in [2.75, 3.05) is 11.5 Å². The van der Waals surface area contributed by atoms with Crippen molar-refractivity contribution in [1.29, 1.82) is 0 Å². The molecule has 0 aliphatic heterocycles. The van der Waals surface area contributed by atoms with Gasteiger partial charge >= 0.3 is 0 Å². The number of para-hydroxylation sites is 1. The van der Waals surface area contributed by atoms with Gasteiger partial charge in [-0.2, -0.15) is 0 Å². The Kier molecular flexibility index (Phi) is 5.52. The van der Waals surface area contributed by atoms with Gasteiger partial charge in [-0.1, -0.05) is 48.5 Å². The molecule has 0 unspecified atom stereocenters. The average molecular weight is 283 g/mol. The predicted molar refractivity (Wildman–Crippen MR) is 85.2 cm³/mol. The van der Waals surface area contributed by atoms with Gasteiger partial charge in [0.1, 0.15) is 6.61 Å². The first-order valence-electron chi connectivity index (χ1n) is 7.18. The monoisotopic (exact) mass is 283 g/mol. The first-order chi connectivity index (χ1) is 10.2. The molecule has 0 aliphatic rings. The molecule has 0 saturated heterocycles. The molecule has 1 amide bonds. The van der Waals surface area contributed by atoms with Crippen LogP contribution >= 0.6 is 0 Å². The maximum Gasteiger partial charge on any atom is 0.253 e. The first kappa shape index (κ1) is 15.3. The van der Waals surface area contributed by atoms with Gasteiger partial charge in [-0.25, -0.2) is 0 Å². The fraction of sp³-hybridized carbons (Fsp3) is 0.278. The van der Waals surface area contributed by atoms with Gasteiger partial charge in [0.2, 0.25) is 0 Å². The van der Waals surface area contributed by atoms with Gasteiger partial charge in [0.15, 0.2) is 0 Å². The largest absolute Gasteiger partial charge is 0.369 e. The molecule has 3 heteroatoms. The highest BCUT2D eigenvalue weighted by Gasteiger charge is 2.16. The maximum atomic E-state index is 12.5. The molecule has 0 fully saturated rings. The summed E-state index contributed by atoms with van der Waals surface area (Å²) in [5.41, 5.74) is 1.98. The number of benzene rings is 2. The number of hydrogen-bond acceptors (Lipinski definition) is 2. The van der Waals surface area contributed by atoms with E-state index in [0.717, 1.165) is 11.3 Å². The van der Waals surface area contributed by atoms with E-state index in [4.69, 9.17) is 4.74 Å². The van der Waals surface area contributed by atoms with E-state index < -0.39 is 0 Å². The number of anilines is 1. The van der Waals surface area contributed by atoms with Crippen LogP contribution in [0.5, 0.6) is 0 Å². The number of ether oxygens (including phenoxy) is 1. The van der Waals surface area contributed by atoms with E-state index in [2.05, 4.69) is 0 Å². The molecule has 2 aromatic carbocycles. The van der Waals surface area contributed by atoms with Gasteiger partial charge in [-0.05, 0) is 31.5 Å². The van der Waals surface area contributed by atoms with Gasteiger partial charge in [0.05, 0.1) is 12.6 Å². The summed E-state index contributed by atoms with van der Waals surface area (Å²) in [6, 6.07) is 19.7. The van der Waals surface area contributed by atoms with Crippen molar-refractivity contribution < 1.29 is 9.53 Å². The molecule has 0 atom stereocenters. The van der Waals surface area contributed by atoms with E-state index >= 15 is 0 Å². The van der Waals surface area contributed by atoms with Gasteiger partial charge < -0.3 is 9.64 Å². The predicted octanol–water partition coefficient (Wildman–Crippen LogP) is 3.64. The third-order valence-electron chi connectivity index (χ3n) is 3.09. The van der Waals surface area contributed by atoms with Crippen molar-refractivity contribution in [1.82, 2.24) is 0 Å². The zero-order valence-electron chi connectivity index (χ0n) is 12.5. The number of carbonyl (C=O) groups excluding carboxylic acids is 1. The molecular formula is C18H21NO2. The van der Waals surface area contributed by atoms with Crippen LogP contribution in [0.3, 0.4) is 0 Å². The summed E-state index contributed by atoms with van der Waals surface area (Å²) in [4.78, 5) is 14.2. The van der Waals surface area contributed by atoms with Gasteiger partial charge in [-0.3, -0.25) is 4.79 Å². The van der Waals surface area contributed by atoms with E-state index in [1.807, 2.05) is 74.5 Å². The van der Waals surface area contributed by atoms with Crippen molar-refractivity contribution in [2.24, 2.45) is 0 Å². The lowest BCUT2D eigenvalue weighted by atomic mass is 10.2. The van der Waals surface area contributed by atoms with E-state index in [0.29, 0.717) is 6.54 Å². The second kappa shape index (κ2) is 7.60. The summed E-state index contributed by atoms with van der Waals surface area (Å²) in [7, 11) is 0. The third kappa shape index (κ3) is 4.72. The van der Waals surface area contributed by atoms with Crippen molar-refractivity contribution in [3.63, 3.8) is 0 Å². The minimum Gasteiger partial charge on any atom is -0.369 e. The second-order valence-corrected chi connectivity index (χ2v) is 5.16. The van der Waals surface area contributed by atoms with E-state index in [1.165, 1.54) is 0 Å². The molecule has 0 heterocycles. The van der Waals surface area contributed by atoms with Crippen molar-refractivity contribution in [2.45, 2.75) is 26.5 Å². The van der Waals surface area contributed by atoms with Crippen molar-refractivity contribution in [3.8, 4) is 0 Å². The third-order valence-corrected chi connectivity index (χ3v) is 3.09. The van der Waals surface area contributed by atoms with Crippen LogP contribution in [-0.2, 0) is 16.1 Å². The highest BCUT2D eigenvalue weighted by molar-refractivity contribution is 5.94. The topological polar surface area (TPSA) is 29.5 Å². The summed E-state index contributed by atoms with van der Waals surface area (Å²) in [6.07, 6.45) is 0.0447. The van der Waals surface area contributed by atoms with Crippen molar-refractivity contribution in [3.05, 3.63) is 66.2 Å². The standard InChI is InChI=1S/C18H21NO2/c1-15(2)21-14-18(20)19(17-11-7-4-8-12-17)13-16-9-5-3-6-10-16/h3-12,15H,13-14H2,1-2H3. The van der Waals surface area contributed by atoms with Crippen molar-refractivity contribution >= 4 is 11.6 Å². The van der Waals surface area contributed by atoms with Crippen LogP contribution in [0.2, 0.25) is 0 Å². The van der Waals surface area contributed by atoms with Crippen LogP contribution in [0.1, 0.15) is 19.4 Å². The summed E-state index contributed by atoms with van der Waals surface area (Å²) >= 11 is 0. The number of amides is 1. The zero-order chi connectivity index (χ0) is 15.1. The fourth-order valence-electron chi connectivity index (χ4n) is 2.01. The van der Waals surface area contributed by atoms with Crippen LogP contribution in [0.25, 0.3) is 0 Å². The van der Waals surface area contributed by atoms with E-state index in [1.54, 1.807) is 4.90 Å². The first-order valence-corrected chi connectivity index (χ1v) is 7.18. The van der Waals surface area contributed by atoms with Crippen LogP contribution < -0.4 is 4.90 Å². The number of hydrogen-bond donors (Lipinski definition) is 0. The lowest BCUT2D eigenvalue weighted by Crippen LogP contribution is -2.34. The molecule has 0 saturated carbocycles. The highest BCUT2D eigenvalue weighted by Crippen LogP contribution is 2.17. The van der Waals surface area contributed by atoms with Crippen LogP contribution in [0.15, 0.2) is 60.7 Å². The molecule has 0 radical (unpaired) electrons. The Bertz CT molecular complexity index is 552. The molecule has 0 spiro atoms. The number of rotatable bonds is 6. The average Bonchev–Trinajstić information content (AvgIpc) is 2.52. The summed E-state index contributed by atoms with van der Waals surface area (Å²) in [5.74, 6) is -0.0289. The van der Waals surface area contributed by atoms with Gasteiger partial charge in [0.25, 0.3) is 5.91 Å². The SMILES string of the molecule is CC(C)OCC(=O)N(Cc1ccccc1)c1ccccc1. The van der Waals surface area contributed by atoms with Crippen LogP contribution in [0.4, 0.5) is 5.69 Å². The summed E-state index contributed by atoms with van der Waals surface area (Å²) in [6.45, 7) is 4.50. The molecule has 0 N–H and O–H groups in total. The van der Waals surface area contributed by atoms with Crippen LogP contribution in [0, 0.1) is 0 Å².